The molecule has 0 fully saturated rings. The minimum absolute atomic E-state index is 0.0796. The predicted octanol–water partition coefficient (Wildman–Crippen LogP) is 3.71. The van der Waals surface area contributed by atoms with Crippen molar-refractivity contribution in [2.24, 2.45) is 7.05 Å². The fourth-order valence-electron chi connectivity index (χ4n) is 2.31. The van der Waals surface area contributed by atoms with Crippen molar-refractivity contribution in [1.82, 2.24) is 14.8 Å². The quantitative estimate of drug-likeness (QED) is 0.545. The highest BCUT2D eigenvalue weighted by Crippen LogP contribution is 2.36. The number of carbonyl (C=O) groups is 1. The third-order valence-electron chi connectivity index (χ3n) is 3.55. The molecule has 1 amide bonds. The summed E-state index contributed by atoms with van der Waals surface area (Å²) in [4.78, 5) is 16.0. The summed E-state index contributed by atoms with van der Waals surface area (Å²) in [5, 5.41) is 7.78. The van der Waals surface area contributed by atoms with Crippen LogP contribution in [0.1, 0.15) is 16.2 Å². The maximum atomic E-state index is 13.0. The van der Waals surface area contributed by atoms with Crippen LogP contribution in [0.5, 0.6) is 0 Å². The van der Waals surface area contributed by atoms with Gasteiger partial charge in [-0.1, -0.05) is 0 Å². The fraction of sp³-hybridized carbons (Fsp3) is 0.133. The van der Waals surface area contributed by atoms with Gasteiger partial charge in [-0.15, -0.1) is 11.3 Å². The zero-order valence-electron chi connectivity index (χ0n) is 14.4. The summed E-state index contributed by atoms with van der Waals surface area (Å²) in [5.41, 5.74) is -1.38. The fourth-order valence-corrected chi connectivity index (χ4v) is 4.84. The molecule has 0 aliphatic rings. The number of hydrogen-bond donors (Lipinski definition) is 2. The van der Waals surface area contributed by atoms with Gasteiger partial charge in [0.15, 0.2) is 16.5 Å². The molecule has 0 bridgehead atoms. The Hall–Kier alpha value is -2.45. The first kappa shape index (κ1) is 21.3. The predicted molar refractivity (Wildman–Crippen MR) is 103 cm³/mol. The number of anilines is 2. The number of alkyl halides is 3. The zero-order valence-corrected chi connectivity index (χ0v) is 17.6. The third-order valence-corrected chi connectivity index (χ3v) is 6.47. The number of sulfonamides is 1. The summed E-state index contributed by atoms with van der Waals surface area (Å²) in [6.45, 7) is 0. The molecule has 3 rings (SSSR count). The highest BCUT2D eigenvalue weighted by atomic mass is 79.9. The van der Waals surface area contributed by atoms with Gasteiger partial charge in [0.05, 0.1) is 9.37 Å². The number of halogens is 4. The number of hydrogen-bond acceptors (Lipinski definition) is 6. The minimum atomic E-state index is -4.69. The van der Waals surface area contributed by atoms with Crippen molar-refractivity contribution < 1.29 is 26.4 Å². The van der Waals surface area contributed by atoms with Gasteiger partial charge in [-0.2, -0.15) is 18.3 Å². The van der Waals surface area contributed by atoms with Gasteiger partial charge in [0.2, 0.25) is 0 Å². The topological polar surface area (TPSA) is 106 Å². The number of nitrogens with one attached hydrogen (secondary N) is 2. The first-order valence-electron chi connectivity index (χ1n) is 7.62. The summed E-state index contributed by atoms with van der Waals surface area (Å²) in [6.07, 6.45) is -3.25. The maximum Gasteiger partial charge on any atom is 0.434 e. The molecule has 0 unspecified atom stereocenters. The van der Waals surface area contributed by atoms with E-state index in [-0.39, 0.29) is 15.7 Å². The second kappa shape index (κ2) is 7.76. The van der Waals surface area contributed by atoms with Crippen LogP contribution in [0.3, 0.4) is 0 Å². The first-order chi connectivity index (χ1) is 13.5. The minimum Gasteiger partial charge on any atom is -0.321 e. The molecule has 2 N–H and O–H groups in total. The maximum absolute atomic E-state index is 13.0. The van der Waals surface area contributed by atoms with E-state index in [4.69, 9.17) is 0 Å². The van der Waals surface area contributed by atoms with Gasteiger partial charge in [0.1, 0.15) is 0 Å². The molecule has 8 nitrogen and oxygen atoms in total. The zero-order chi connectivity index (χ0) is 21.4. The second-order valence-electron chi connectivity index (χ2n) is 5.55. The Morgan fingerprint density at radius 2 is 1.90 bits per heavy atom. The van der Waals surface area contributed by atoms with Crippen LogP contribution in [0.25, 0.3) is 0 Å². The average Bonchev–Trinajstić information content (AvgIpc) is 3.21. The van der Waals surface area contributed by atoms with Gasteiger partial charge < -0.3 is 5.32 Å². The van der Waals surface area contributed by atoms with E-state index in [9.17, 15) is 26.4 Å². The number of aromatic nitrogens is 3. The Bertz CT molecular complexity index is 1140. The number of benzene rings is 1. The summed E-state index contributed by atoms with van der Waals surface area (Å²) >= 11 is 3.87. The Morgan fingerprint density at radius 3 is 2.41 bits per heavy atom. The Morgan fingerprint density at radius 1 is 1.24 bits per heavy atom. The third kappa shape index (κ3) is 4.59. The number of carbonyl (C=O) groups excluding carboxylic acids is 1. The smallest absolute Gasteiger partial charge is 0.321 e. The molecule has 1 aromatic carbocycles. The molecule has 154 valence electrons. The lowest BCUT2D eigenvalue weighted by Crippen LogP contribution is -2.15. The van der Waals surface area contributed by atoms with Crippen molar-refractivity contribution in [3.63, 3.8) is 0 Å². The summed E-state index contributed by atoms with van der Waals surface area (Å²) in [7, 11) is -2.80. The van der Waals surface area contributed by atoms with E-state index < -0.39 is 38.0 Å². The summed E-state index contributed by atoms with van der Waals surface area (Å²) in [5.74, 6) is -0.889. The molecule has 0 saturated carbocycles. The molecular formula is C15H11BrF3N5O3S2. The van der Waals surface area contributed by atoms with Crippen molar-refractivity contribution in [3.8, 4) is 0 Å². The van der Waals surface area contributed by atoms with Crippen molar-refractivity contribution in [3.05, 3.63) is 51.7 Å². The molecule has 14 heteroatoms. The molecule has 0 aliphatic carbocycles. The van der Waals surface area contributed by atoms with E-state index in [0.717, 1.165) is 18.4 Å². The van der Waals surface area contributed by atoms with Crippen LogP contribution in [-0.4, -0.2) is 29.1 Å². The largest absolute Gasteiger partial charge is 0.434 e. The molecular weight excluding hydrogens is 499 g/mol. The summed E-state index contributed by atoms with van der Waals surface area (Å²) < 4.78 is 66.0. The van der Waals surface area contributed by atoms with Crippen LogP contribution in [0.4, 0.5) is 24.0 Å². The van der Waals surface area contributed by atoms with E-state index in [1.807, 2.05) is 0 Å². The van der Waals surface area contributed by atoms with Gasteiger partial charge in [0.25, 0.3) is 15.9 Å². The van der Waals surface area contributed by atoms with E-state index in [0.29, 0.717) is 4.68 Å². The molecule has 0 saturated heterocycles. The average molecular weight is 510 g/mol. The number of nitrogens with zero attached hydrogens (tertiary/aromatic N) is 3. The molecule has 2 aromatic heterocycles. The van der Waals surface area contributed by atoms with Gasteiger partial charge in [-0.3, -0.25) is 14.2 Å². The van der Waals surface area contributed by atoms with Crippen LogP contribution in [-0.2, 0) is 23.2 Å². The number of amides is 1. The van der Waals surface area contributed by atoms with Crippen LogP contribution < -0.4 is 10.0 Å². The molecule has 3 aromatic rings. The lowest BCUT2D eigenvalue weighted by molar-refractivity contribution is -0.144. The Kier molecular flexibility index (Phi) is 5.69. The molecule has 0 atom stereocenters. The SMILES string of the molecule is Cn1nc(C(=O)Nc2ccc(S(=O)(=O)Nc3nccs3)cc2)c(Br)c1C(F)(F)F. The van der Waals surface area contributed by atoms with Gasteiger partial charge in [-0.25, -0.2) is 13.4 Å². The molecule has 0 aliphatic heterocycles. The van der Waals surface area contributed by atoms with Crippen molar-refractivity contribution in [1.29, 1.82) is 0 Å². The molecule has 0 radical (unpaired) electrons. The Labute approximate surface area is 174 Å². The second-order valence-corrected chi connectivity index (χ2v) is 8.92. The molecule has 2 heterocycles. The summed E-state index contributed by atoms with van der Waals surface area (Å²) in [6, 6.07) is 5.08. The lowest BCUT2D eigenvalue weighted by Gasteiger charge is -2.08. The highest BCUT2D eigenvalue weighted by molar-refractivity contribution is 9.10. The van der Waals surface area contributed by atoms with Gasteiger partial charge >= 0.3 is 6.18 Å². The lowest BCUT2D eigenvalue weighted by atomic mass is 10.3. The van der Waals surface area contributed by atoms with E-state index in [1.165, 1.54) is 30.5 Å². The van der Waals surface area contributed by atoms with Crippen LogP contribution >= 0.6 is 27.3 Å². The first-order valence-corrected chi connectivity index (χ1v) is 10.8. The van der Waals surface area contributed by atoms with Crippen molar-refractivity contribution in [2.75, 3.05) is 10.0 Å². The van der Waals surface area contributed by atoms with Crippen molar-refractivity contribution in [2.45, 2.75) is 11.1 Å². The van der Waals surface area contributed by atoms with Gasteiger partial charge in [0, 0.05) is 24.3 Å². The monoisotopic (exact) mass is 509 g/mol. The Balaban J connectivity index is 1.77. The molecule has 29 heavy (non-hydrogen) atoms. The molecule has 0 spiro atoms. The van der Waals surface area contributed by atoms with E-state index in [1.54, 1.807) is 5.38 Å². The van der Waals surface area contributed by atoms with Crippen molar-refractivity contribution >= 4 is 54.0 Å². The number of aryl methyl sites for hydroxylation is 1. The van der Waals surface area contributed by atoms with E-state index in [2.05, 4.69) is 36.1 Å². The van der Waals surface area contributed by atoms with Gasteiger partial charge in [-0.05, 0) is 40.2 Å². The standard InChI is InChI=1S/C15H11BrF3N5O3S2/c1-24-12(15(17,18)19)10(16)11(22-24)13(25)21-8-2-4-9(5-3-8)29(26,27)23-14-20-6-7-28-14/h2-7H,1H3,(H,20,23)(H,21,25). The van der Waals surface area contributed by atoms with Crippen LogP contribution in [0, 0.1) is 0 Å². The number of rotatable bonds is 5. The van der Waals surface area contributed by atoms with Crippen LogP contribution in [0.2, 0.25) is 0 Å². The van der Waals surface area contributed by atoms with Crippen LogP contribution in [0.15, 0.2) is 45.2 Å². The highest BCUT2D eigenvalue weighted by Gasteiger charge is 2.39. The van der Waals surface area contributed by atoms with E-state index >= 15 is 0 Å². The normalized spacial score (nSPS) is 12.0. The number of thiazole rings is 1.